The van der Waals surface area contributed by atoms with Gasteiger partial charge in [-0.3, -0.25) is 9.69 Å². The van der Waals surface area contributed by atoms with Gasteiger partial charge in [0.25, 0.3) is 0 Å². The van der Waals surface area contributed by atoms with Crippen LogP contribution in [0.2, 0.25) is 0 Å². The number of carbonyl (C=O) groups is 2. The molecule has 4 aliphatic rings. The van der Waals surface area contributed by atoms with E-state index in [1.54, 1.807) is 18.7 Å². The van der Waals surface area contributed by atoms with Gasteiger partial charge in [0.2, 0.25) is 5.91 Å². The number of likely N-dealkylation sites (tertiary alicyclic amines) is 2. The highest BCUT2D eigenvalue weighted by Gasteiger charge is 2.60. The van der Waals surface area contributed by atoms with E-state index in [1.807, 2.05) is 6.92 Å². The second kappa shape index (κ2) is 8.55. The third-order valence-corrected chi connectivity index (χ3v) is 8.64. The number of thioether (sulfide) groups is 1. The van der Waals surface area contributed by atoms with Crippen molar-refractivity contribution in [1.29, 1.82) is 0 Å². The quantitative estimate of drug-likeness (QED) is 0.617. The Morgan fingerprint density at radius 1 is 1.27 bits per heavy atom. The zero-order chi connectivity index (χ0) is 21.6. The van der Waals surface area contributed by atoms with Crippen molar-refractivity contribution in [2.24, 2.45) is 11.8 Å². The van der Waals surface area contributed by atoms with Gasteiger partial charge < -0.3 is 20.0 Å². The lowest BCUT2D eigenvalue weighted by atomic mass is 9.79. The van der Waals surface area contributed by atoms with E-state index < -0.39 is 18.0 Å². The van der Waals surface area contributed by atoms with Crippen molar-refractivity contribution >= 4 is 23.6 Å². The molecule has 0 radical (unpaired) electrons. The van der Waals surface area contributed by atoms with Crippen molar-refractivity contribution < 1.29 is 19.8 Å². The summed E-state index contributed by atoms with van der Waals surface area (Å²) in [7, 11) is 2.14. The zero-order valence-electron chi connectivity index (χ0n) is 18.0. The van der Waals surface area contributed by atoms with Crippen molar-refractivity contribution in [3.8, 4) is 0 Å². The minimum atomic E-state index is -1.04. The van der Waals surface area contributed by atoms with Crippen LogP contribution in [0.5, 0.6) is 0 Å². The van der Waals surface area contributed by atoms with Crippen molar-refractivity contribution in [3.63, 3.8) is 0 Å². The van der Waals surface area contributed by atoms with E-state index in [0.717, 1.165) is 37.4 Å². The number of hydrogen-bond donors (Lipinski definition) is 2. The minimum Gasteiger partial charge on any atom is -0.477 e. The molecule has 4 rings (SSSR count). The molecule has 3 saturated heterocycles. The first kappa shape index (κ1) is 21.7. The molecule has 0 spiro atoms. The third kappa shape index (κ3) is 3.78. The Kier molecular flexibility index (Phi) is 6.19. The highest BCUT2D eigenvalue weighted by Crippen LogP contribution is 2.52. The molecule has 0 aromatic rings. The number of rotatable bonds is 6. The highest BCUT2D eigenvalue weighted by molar-refractivity contribution is 8.03. The molecule has 6 atom stereocenters. The van der Waals surface area contributed by atoms with Crippen LogP contribution in [0.4, 0.5) is 0 Å². The summed E-state index contributed by atoms with van der Waals surface area (Å²) in [5.41, 5.74) is 0.137. The van der Waals surface area contributed by atoms with Gasteiger partial charge in [0.15, 0.2) is 0 Å². The van der Waals surface area contributed by atoms with Gasteiger partial charge in [0.05, 0.1) is 18.1 Å². The van der Waals surface area contributed by atoms with E-state index in [1.165, 1.54) is 17.7 Å². The first-order chi connectivity index (χ1) is 14.3. The number of aliphatic hydroxyl groups is 1. The summed E-state index contributed by atoms with van der Waals surface area (Å²) in [5, 5.41) is 20.1. The summed E-state index contributed by atoms with van der Waals surface area (Å²) in [4.78, 5) is 31.4. The number of hydrogen-bond acceptors (Lipinski definition) is 6. The van der Waals surface area contributed by atoms with Crippen molar-refractivity contribution in [1.82, 2.24) is 14.7 Å². The maximum atomic E-state index is 12.5. The summed E-state index contributed by atoms with van der Waals surface area (Å²) in [6.07, 6.45) is 8.42. The second-order valence-electron chi connectivity index (χ2n) is 9.18. The molecule has 1 amide bonds. The molecule has 30 heavy (non-hydrogen) atoms. The number of carboxylic acids is 1. The van der Waals surface area contributed by atoms with Crippen LogP contribution < -0.4 is 0 Å². The highest BCUT2D eigenvalue weighted by atomic mass is 32.2. The van der Waals surface area contributed by atoms with E-state index in [-0.39, 0.29) is 23.6 Å². The SMILES string of the molecule is CC1C(SC2CCC(/C=C/N3CCCC3)N(C)C2)=C(C(=O)O)N2C(=O)[C@H]([C@@H](C)O)C12. The largest absolute Gasteiger partial charge is 0.477 e. The lowest BCUT2D eigenvalue weighted by Gasteiger charge is -2.46. The van der Waals surface area contributed by atoms with Gasteiger partial charge in [-0.05, 0) is 45.9 Å². The van der Waals surface area contributed by atoms with Crippen LogP contribution in [0.3, 0.4) is 0 Å². The Bertz CT molecular complexity index is 761. The first-order valence-electron chi connectivity index (χ1n) is 11.1. The monoisotopic (exact) mass is 435 g/mol. The predicted octanol–water partition coefficient (Wildman–Crippen LogP) is 1.95. The van der Waals surface area contributed by atoms with E-state index in [4.69, 9.17) is 0 Å². The van der Waals surface area contributed by atoms with Crippen molar-refractivity contribution in [2.45, 2.75) is 63.0 Å². The van der Waals surface area contributed by atoms with Crippen LogP contribution in [-0.2, 0) is 9.59 Å². The molecule has 0 aromatic heterocycles. The summed E-state index contributed by atoms with van der Waals surface area (Å²) in [6, 6.07) is 0.182. The fourth-order valence-electron chi connectivity index (χ4n) is 5.43. The lowest BCUT2D eigenvalue weighted by molar-refractivity contribution is -0.163. The smallest absolute Gasteiger partial charge is 0.353 e. The Hall–Kier alpha value is -1.51. The number of carbonyl (C=O) groups excluding carboxylic acids is 1. The molecule has 0 aromatic carbocycles. The van der Waals surface area contributed by atoms with Crippen molar-refractivity contribution in [2.75, 3.05) is 26.7 Å². The first-order valence-corrected chi connectivity index (χ1v) is 12.0. The molecule has 0 saturated carbocycles. The van der Waals surface area contributed by atoms with Crippen LogP contribution in [0.25, 0.3) is 0 Å². The standard InChI is InChI=1S/C22H33N3O4S/c1-13-18-17(14(2)26)21(27)25(18)19(22(28)29)20(13)30-16-7-6-15(23(3)12-16)8-11-24-9-4-5-10-24/h8,11,13-18,26H,4-7,9-10,12H2,1-3H3,(H,28,29)/b11-8+/t13?,14-,15?,16?,17-,18?/m1/s1. The molecular formula is C22H33N3O4S. The number of nitrogens with zero attached hydrogens (tertiary/aromatic N) is 3. The maximum absolute atomic E-state index is 12.5. The van der Waals surface area contributed by atoms with E-state index >= 15 is 0 Å². The number of carboxylic acid groups (broad SMARTS) is 1. The van der Waals surface area contributed by atoms with Crippen molar-refractivity contribution in [3.05, 3.63) is 22.9 Å². The fourth-order valence-corrected chi connectivity index (χ4v) is 7.01. The van der Waals surface area contributed by atoms with E-state index in [9.17, 15) is 19.8 Å². The van der Waals surface area contributed by atoms with Gasteiger partial charge in [-0.1, -0.05) is 13.0 Å². The number of aliphatic hydroxyl groups excluding tert-OH is 1. The van der Waals surface area contributed by atoms with Gasteiger partial charge in [0.1, 0.15) is 5.70 Å². The molecule has 3 fully saturated rings. The zero-order valence-corrected chi connectivity index (χ0v) is 18.8. The topological polar surface area (TPSA) is 84.3 Å². The molecule has 4 unspecified atom stereocenters. The number of β-lactam (4-membered cyclic amide) rings is 1. The number of fused-ring (bicyclic) bond motifs is 1. The van der Waals surface area contributed by atoms with Crippen LogP contribution in [-0.4, -0.2) is 86.9 Å². The van der Waals surface area contributed by atoms with Crippen LogP contribution >= 0.6 is 11.8 Å². The molecule has 0 bridgehead atoms. The fraction of sp³-hybridized carbons (Fsp3) is 0.727. The van der Waals surface area contributed by atoms with E-state index in [2.05, 4.69) is 29.1 Å². The normalized spacial score (nSPS) is 35.9. The second-order valence-corrected chi connectivity index (χ2v) is 10.5. The minimum absolute atomic E-state index is 0.0588. The molecule has 4 aliphatic heterocycles. The van der Waals surface area contributed by atoms with Crippen LogP contribution in [0, 0.1) is 11.8 Å². The molecule has 8 heteroatoms. The Balaban J connectivity index is 1.42. The summed E-state index contributed by atoms with van der Waals surface area (Å²) < 4.78 is 0. The molecule has 2 N–H and O–H groups in total. The summed E-state index contributed by atoms with van der Waals surface area (Å²) in [6.45, 7) is 6.80. The van der Waals surface area contributed by atoms with Crippen LogP contribution in [0.15, 0.2) is 22.9 Å². The Labute approximate surface area is 182 Å². The molecule has 7 nitrogen and oxygen atoms in total. The van der Waals surface area contributed by atoms with Gasteiger partial charge in [0, 0.05) is 41.7 Å². The average molecular weight is 436 g/mol. The molecule has 4 heterocycles. The van der Waals surface area contributed by atoms with Crippen LogP contribution in [0.1, 0.15) is 39.5 Å². The molecule has 0 aliphatic carbocycles. The Morgan fingerprint density at radius 2 is 1.97 bits per heavy atom. The summed E-state index contributed by atoms with van der Waals surface area (Å²) in [5.74, 6) is -1.86. The molecule has 166 valence electrons. The maximum Gasteiger partial charge on any atom is 0.353 e. The third-order valence-electron chi connectivity index (χ3n) is 7.11. The van der Waals surface area contributed by atoms with Gasteiger partial charge in [-0.2, -0.15) is 0 Å². The number of aliphatic carboxylic acids is 1. The summed E-state index contributed by atoms with van der Waals surface area (Å²) >= 11 is 1.63. The molecular weight excluding hydrogens is 402 g/mol. The predicted molar refractivity (Wildman–Crippen MR) is 117 cm³/mol. The van der Waals surface area contributed by atoms with Gasteiger partial charge in [-0.15, -0.1) is 11.8 Å². The lowest BCUT2D eigenvalue weighted by Crippen LogP contribution is -2.63. The van der Waals surface area contributed by atoms with Gasteiger partial charge >= 0.3 is 5.97 Å². The number of likely N-dealkylation sites (N-methyl/N-ethyl adjacent to an activating group) is 1. The van der Waals surface area contributed by atoms with E-state index in [0.29, 0.717) is 11.3 Å². The number of amides is 1. The number of piperidine rings is 1. The Morgan fingerprint density at radius 3 is 2.57 bits per heavy atom. The average Bonchev–Trinajstić information content (AvgIpc) is 3.27. The van der Waals surface area contributed by atoms with Gasteiger partial charge in [-0.25, -0.2) is 4.79 Å².